The van der Waals surface area contributed by atoms with Gasteiger partial charge in [-0.25, -0.2) is 0 Å². The second kappa shape index (κ2) is 6.75. The van der Waals surface area contributed by atoms with Crippen molar-refractivity contribution in [3.05, 3.63) is 0 Å². The van der Waals surface area contributed by atoms with Crippen LogP contribution in [0.3, 0.4) is 0 Å². The third-order valence-electron chi connectivity index (χ3n) is 4.69. The lowest BCUT2D eigenvalue weighted by molar-refractivity contribution is 0.169. The maximum Gasteiger partial charge on any atom is 0.0207 e. The van der Waals surface area contributed by atoms with Crippen molar-refractivity contribution in [2.45, 2.75) is 70.9 Å². The van der Waals surface area contributed by atoms with Crippen LogP contribution < -0.4 is 5.32 Å². The Balaban J connectivity index is 1.81. The van der Waals surface area contributed by atoms with Crippen molar-refractivity contribution in [3.63, 3.8) is 0 Å². The molecule has 0 bridgehead atoms. The summed E-state index contributed by atoms with van der Waals surface area (Å²) in [5.41, 5.74) is 0. The normalized spacial score (nSPS) is 36.0. The largest absolute Gasteiger partial charge is 0.313 e. The fourth-order valence-corrected chi connectivity index (χ4v) is 3.62. The van der Waals surface area contributed by atoms with Crippen LogP contribution in [0.15, 0.2) is 0 Å². The van der Waals surface area contributed by atoms with E-state index in [0.717, 1.165) is 18.0 Å². The van der Waals surface area contributed by atoms with Gasteiger partial charge in [-0.3, -0.25) is 4.90 Å². The smallest absolute Gasteiger partial charge is 0.0207 e. The summed E-state index contributed by atoms with van der Waals surface area (Å²) in [7, 11) is 0. The number of hydrogen-bond donors (Lipinski definition) is 1. The highest BCUT2D eigenvalue weighted by Crippen LogP contribution is 2.29. The van der Waals surface area contributed by atoms with E-state index in [0.29, 0.717) is 0 Å². The van der Waals surface area contributed by atoms with Crippen molar-refractivity contribution in [2.75, 3.05) is 19.6 Å². The first kappa shape index (κ1) is 13.4. The Labute approximate surface area is 107 Å². The first-order valence-electron chi connectivity index (χ1n) is 7.78. The molecule has 2 rings (SSSR count). The van der Waals surface area contributed by atoms with Gasteiger partial charge in [0.1, 0.15) is 0 Å². The molecule has 100 valence electrons. The Morgan fingerprint density at radius 1 is 1.12 bits per heavy atom. The molecule has 0 aromatic heterocycles. The van der Waals surface area contributed by atoms with Crippen LogP contribution in [0.4, 0.5) is 0 Å². The lowest BCUT2D eigenvalue weighted by Crippen LogP contribution is -2.40. The van der Waals surface area contributed by atoms with E-state index in [-0.39, 0.29) is 0 Å². The lowest BCUT2D eigenvalue weighted by atomic mass is 9.96. The molecule has 0 aromatic carbocycles. The highest BCUT2D eigenvalue weighted by molar-refractivity contribution is 4.88. The number of hydrogen-bond acceptors (Lipinski definition) is 2. The quantitative estimate of drug-likeness (QED) is 0.757. The summed E-state index contributed by atoms with van der Waals surface area (Å²) in [6.07, 6.45) is 9.91. The van der Waals surface area contributed by atoms with Gasteiger partial charge in [0.05, 0.1) is 0 Å². The van der Waals surface area contributed by atoms with Crippen LogP contribution in [0.2, 0.25) is 0 Å². The number of likely N-dealkylation sites (tertiary alicyclic amines) is 1. The van der Waals surface area contributed by atoms with Crippen LogP contribution >= 0.6 is 0 Å². The van der Waals surface area contributed by atoms with Gasteiger partial charge in [0.25, 0.3) is 0 Å². The fraction of sp³-hybridized carbons (Fsp3) is 1.00. The molecule has 0 spiro atoms. The minimum Gasteiger partial charge on any atom is -0.313 e. The summed E-state index contributed by atoms with van der Waals surface area (Å²) in [4.78, 5) is 2.78. The molecule has 2 heteroatoms. The Hall–Kier alpha value is -0.0800. The molecule has 1 aliphatic carbocycles. The van der Waals surface area contributed by atoms with Crippen LogP contribution in [0.25, 0.3) is 0 Å². The van der Waals surface area contributed by atoms with Gasteiger partial charge >= 0.3 is 0 Å². The van der Waals surface area contributed by atoms with Gasteiger partial charge in [-0.1, -0.05) is 33.1 Å². The molecular weight excluding hydrogens is 208 g/mol. The van der Waals surface area contributed by atoms with Crippen LogP contribution in [-0.4, -0.2) is 36.6 Å². The minimum absolute atomic E-state index is 0.769. The first-order chi connectivity index (χ1) is 8.31. The van der Waals surface area contributed by atoms with E-state index in [1.165, 1.54) is 64.6 Å². The van der Waals surface area contributed by atoms with Crippen LogP contribution in [-0.2, 0) is 0 Å². The molecule has 1 heterocycles. The van der Waals surface area contributed by atoms with Gasteiger partial charge in [-0.2, -0.15) is 0 Å². The molecule has 1 saturated carbocycles. The average molecular weight is 238 g/mol. The van der Waals surface area contributed by atoms with Gasteiger partial charge in [0.15, 0.2) is 0 Å². The summed E-state index contributed by atoms with van der Waals surface area (Å²) in [5.74, 6) is 0.919. The Kier molecular flexibility index (Phi) is 5.30. The van der Waals surface area contributed by atoms with E-state index in [1.54, 1.807) is 0 Å². The van der Waals surface area contributed by atoms with E-state index in [2.05, 4.69) is 24.1 Å². The number of nitrogens with one attached hydrogen (secondary N) is 1. The van der Waals surface area contributed by atoms with Crippen molar-refractivity contribution in [1.82, 2.24) is 10.2 Å². The second-order valence-electron chi connectivity index (χ2n) is 6.12. The van der Waals surface area contributed by atoms with Crippen LogP contribution in [0.5, 0.6) is 0 Å². The molecule has 2 aliphatic rings. The highest BCUT2D eigenvalue weighted by atomic mass is 15.2. The number of rotatable bonds is 4. The highest BCUT2D eigenvalue weighted by Gasteiger charge is 2.31. The molecule has 17 heavy (non-hydrogen) atoms. The molecule has 2 fully saturated rings. The van der Waals surface area contributed by atoms with E-state index in [1.807, 2.05) is 0 Å². The molecular formula is C15H30N2. The third kappa shape index (κ3) is 3.69. The van der Waals surface area contributed by atoms with Gasteiger partial charge in [-0.05, 0) is 38.1 Å². The van der Waals surface area contributed by atoms with Crippen LogP contribution in [0.1, 0.15) is 58.8 Å². The predicted molar refractivity (Wildman–Crippen MR) is 74.3 cm³/mol. The van der Waals surface area contributed by atoms with E-state index in [4.69, 9.17) is 0 Å². The maximum atomic E-state index is 3.69. The maximum absolute atomic E-state index is 3.69. The zero-order valence-corrected chi connectivity index (χ0v) is 11.8. The Morgan fingerprint density at radius 3 is 2.76 bits per heavy atom. The molecule has 3 unspecified atom stereocenters. The zero-order valence-electron chi connectivity index (χ0n) is 11.8. The standard InChI is InChI=1S/C15H30N2/c1-3-10-16-14-9-11-17(12-14)15-8-6-4-5-7-13(15)2/h13-16H,3-12H2,1-2H3. The monoisotopic (exact) mass is 238 g/mol. The first-order valence-corrected chi connectivity index (χ1v) is 7.78. The van der Waals surface area contributed by atoms with Crippen LogP contribution in [0, 0.1) is 5.92 Å². The second-order valence-corrected chi connectivity index (χ2v) is 6.12. The molecule has 3 atom stereocenters. The van der Waals surface area contributed by atoms with Crippen molar-refractivity contribution >= 4 is 0 Å². The van der Waals surface area contributed by atoms with Gasteiger partial charge in [-0.15, -0.1) is 0 Å². The summed E-state index contributed by atoms with van der Waals surface area (Å²) in [6.45, 7) is 8.56. The molecule has 2 nitrogen and oxygen atoms in total. The average Bonchev–Trinajstić information content (AvgIpc) is 2.69. The lowest BCUT2D eigenvalue weighted by Gasteiger charge is -2.31. The predicted octanol–water partition coefficient (Wildman–Crippen LogP) is 3.03. The topological polar surface area (TPSA) is 15.3 Å². The van der Waals surface area contributed by atoms with Crippen molar-refractivity contribution in [2.24, 2.45) is 5.92 Å². The van der Waals surface area contributed by atoms with Crippen molar-refractivity contribution < 1.29 is 0 Å². The summed E-state index contributed by atoms with van der Waals surface area (Å²) in [6, 6.07) is 1.65. The van der Waals surface area contributed by atoms with E-state index in [9.17, 15) is 0 Å². The molecule has 1 N–H and O–H groups in total. The van der Waals surface area contributed by atoms with Gasteiger partial charge in [0, 0.05) is 25.2 Å². The molecule has 0 amide bonds. The SMILES string of the molecule is CCCNC1CCN(C2CCCCCC2C)C1. The van der Waals surface area contributed by atoms with Gasteiger partial charge in [0.2, 0.25) is 0 Å². The Bertz CT molecular complexity index is 217. The van der Waals surface area contributed by atoms with Crippen molar-refractivity contribution in [3.8, 4) is 0 Å². The molecule has 0 aromatic rings. The Morgan fingerprint density at radius 2 is 1.94 bits per heavy atom. The molecule has 1 aliphatic heterocycles. The molecule has 0 radical (unpaired) electrons. The van der Waals surface area contributed by atoms with E-state index >= 15 is 0 Å². The summed E-state index contributed by atoms with van der Waals surface area (Å²) < 4.78 is 0. The third-order valence-corrected chi connectivity index (χ3v) is 4.69. The summed E-state index contributed by atoms with van der Waals surface area (Å²) >= 11 is 0. The minimum atomic E-state index is 0.769. The van der Waals surface area contributed by atoms with Crippen molar-refractivity contribution in [1.29, 1.82) is 0 Å². The molecule has 1 saturated heterocycles. The van der Waals surface area contributed by atoms with Gasteiger partial charge < -0.3 is 5.32 Å². The fourth-order valence-electron chi connectivity index (χ4n) is 3.62. The zero-order chi connectivity index (χ0) is 12.1. The van der Waals surface area contributed by atoms with E-state index < -0.39 is 0 Å². The summed E-state index contributed by atoms with van der Waals surface area (Å²) in [5, 5.41) is 3.69. The number of nitrogens with zero attached hydrogens (tertiary/aromatic N) is 1.